The Labute approximate surface area is 111 Å². The topological polar surface area (TPSA) is 58.4 Å². The average Bonchev–Trinajstić information content (AvgIpc) is 2.74. The monoisotopic (exact) mass is 255 g/mol. The molecule has 1 aliphatic rings. The van der Waals surface area contributed by atoms with Crippen LogP contribution in [0.25, 0.3) is 0 Å². The van der Waals surface area contributed by atoms with Gasteiger partial charge in [-0.3, -0.25) is 4.79 Å². The molecule has 0 aromatic rings. The Bertz CT molecular complexity index is 280. The number of nitrogens with one attached hydrogen (secondary N) is 1. The third-order valence-corrected chi connectivity index (χ3v) is 4.19. The summed E-state index contributed by atoms with van der Waals surface area (Å²) in [6.07, 6.45) is 3.35. The quantitative estimate of drug-likeness (QED) is 0.722. The lowest BCUT2D eigenvalue weighted by atomic mass is 9.95. The first kappa shape index (κ1) is 15.4. The minimum atomic E-state index is -0.571. The highest BCUT2D eigenvalue weighted by Crippen LogP contribution is 2.24. The molecule has 1 fully saturated rings. The molecular formula is C14H29N3O. The first-order valence-corrected chi connectivity index (χ1v) is 7.19. The predicted molar refractivity (Wildman–Crippen MR) is 75.3 cm³/mol. The summed E-state index contributed by atoms with van der Waals surface area (Å²) in [6, 6.07) is 0.670. The van der Waals surface area contributed by atoms with Crippen molar-refractivity contribution in [2.45, 2.75) is 58.5 Å². The van der Waals surface area contributed by atoms with Crippen molar-refractivity contribution < 1.29 is 4.79 Å². The molecule has 2 atom stereocenters. The van der Waals surface area contributed by atoms with Gasteiger partial charge in [0.2, 0.25) is 5.91 Å². The van der Waals surface area contributed by atoms with Gasteiger partial charge in [-0.15, -0.1) is 0 Å². The molecule has 1 rings (SSSR count). The molecule has 1 saturated heterocycles. The molecule has 1 amide bonds. The molecule has 1 heterocycles. The number of likely N-dealkylation sites (N-methyl/N-ethyl adjacent to an activating group) is 1. The molecule has 18 heavy (non-hydrogen) atoms. The number of hydrogen-bond acceptors (Lipinski definition) is 3. The largest absolute Gasteiger partial charge is 0.368 e. The summed E-state index contributed by atoms with van der Waals surface area (Å²) in [5.41, 5.74) is 4.95. The maximum absolute atomic E-state index is 11.6. The van der Waals surface area contributed by atoms with Crippen molar-refractivity contribution in [3.05, 3.63) is 0 Å². The summed E-state index contributed by atoms with van der Waals surface area (Å²) in [5, 5.41) is 3.23. The minimum absolute atomic E-state index is 0.246. The Morgan fingerprint density at radius 2 is 2.22 bits per heavy atom. The number of carbonyl (C=O) groups excluding carboxylic acids is 1. The zero-order valence-electron chi connectivity index (χ0n) is 12.3. The van der Waals surface area contributed by atoms with E-state index in [4.69, 9.17) is 5.73 Å². The second-order valence-electron chi connectivity index (χ2n) is 5.97. The Morgan fingerprint density at radius 3 is 2.72 bits per heavy atom. The van der Waals surface area contributed by atoms with E-state index in [1.54, 1.807) is 0 Å². The number of amides is 1. The van der Waals surface area contributed by atoms with Gasteiger partial charge in [0.15, 0.2) is 0 Å². The van der Waals surface area contributed by atoms with Crippen molar-refractivity contribution in [3.8, 4) is 0 Å². The fourth-order valence-electron chi connectivity index (χ4n) is 2.94. The summed E-state index contributed by atoms with van der Waals surface area (Å²) in [7, 11) is 0. The smallest absolute Gasteiger partial charge is 0.237 e. The van der Waals surface area contributed by atoms with Gasteiger partial charge in [0.25, 0.3) is 0 Å². The van der Waals surface area contributed by atoms with Gasteiger partial charge in [-0.25, -0.2) is 0 Å². The third-order valence-electron chi connectivity index (χ3n) is 4.19. The number of rotatable bonds is 7. The number of primary amides is 1. The van der Waals surface area contributed by atoms with Crippen LogP contribution in [0.5, 0.6) is 0 Å². The van der Waals surface area contributed by atoms with E-state index in [2.05, 4.69) is 24.1 Å². The van der Waals surface area contributed by atoms with Crippen LogP contribution in [0.4, 0.5) is 0 Å². The van der Waals surface area contributed by atoms with E-state index in [1.807, 2.05) is 13.8 Å². The molecule has 0 aromatic carbocycles. The van der Waals surface area contributed by atoms with E-state index in [-0.39, 0.29) is 5.91 Å². The summed E-state index contributed by atoms with van der Waals surface area (Å²) >= 11 is 0. The SMILES string of the molecule is CCNC(C)(CCN1CCCC1C(C)C)C(N)=O. The standard InChI is InChI=1S/C14H29N3O/c1-5-16-14(4,13(15)18)8-10-17-9-6-7-12(17)11(2)3/h11-12,16H,5-10H2,1-4H3,(H2,15,18). The molecule has 0 aliphatic carbocycles. The molecule has 106 valence electrons. The number of nitrogens with two attached hydrogens (primary N) is 1. The van der Waals surface area contributed by atoms with Gasteiger partial charge in [0, 0.05) is 12.6 Å². The van der Waals surface area contributed by atoms with Gasteiger partial charge in [-0.05, 0) is 45.2 Å². The highest BCUT2D eigenvalue weighted by molar-refractivity contribution is 5.84. The molecule has 2 unspecified atom stereocenters. The molecule has 4 nitrogen and oxygen atoms in total. The highest BCUT2D eigenvalue weighted by atomic mass is 16.1. The Kier molecular flexibility index (Phi) is 5.60. The van der Waals surface area contributed by atoms with Crippen molar-refractivity contribution in [3.63, 3.8) is 0 Å². The van der Waals surface area contributed by atoms with Crippen LogP contribution in [0.15, 0.2) is 0 Å². The number of nitrogens with zero attached hydrogens (tertiary/aromatic N) is 1. The Hall–Kier alpha value is -0.610. The lowest BCUT2D eigenvalue weighted by Crippen LogP contribution is -2.54. The van der Waals surface area contributed by atoms with Gasteiger partial charge in [-0.2, -0.15) is 0 Å². The zero-order valence-corrected chi connectivity index (χ0v) is 12.3. The van der Waals surface area contributed by atoms with Gasteiger partial charge in [0.05, 0.1) is 5.54 Å². The summed E-state index contributed by atoms with van der Waals surface area (Å²) < 4.78 is 0. The highest BCUT2D eigenvalue weighted by Gasteiger charge is 2.33. The fourth-order valence-corrected chi connectivity index (χ4v) is 2.94. The normalized spacial score (nSPS) is 24.4. The van der Waals surface area contributed by atoms with Crippen LogP contribution in [-0.4, -0.2) is 42.0 Å². The average molecular weight is 255 g/mol. The lowest BCUT2D eigenvalue weighted by molar-refractivity contribution is -0.124. The number of carbonyl (C=O) groups is 1. The van der Waals surface area contributed by atoms with E-state index in [1.165, 1.54) is 12.8 Å². The Balaban J connectivity index is 2.54. The van der Waals surface area contributed by atoms with E-state index < -0.39 is 5.54 Å². The van der Waals surface area contributed by atoms with Crippen LogP contribution < -0.4 is 11.1 Å². The van der Waals surface area contributed by atoms with Crippen molar-refractivity contribution in [1.29, 1.82) is 0 Å². The minimum Gasteiger partial charge on any atom is -0.368 e. The molecule has 3 N–H and O–H groups in total. The lowest BCUT2D eigenvalue weighted by Gasteiger charge is -2.32. The van der Waals surface area contributed by atoms with Crippen molar-refractivity contribution in [1.82, 2.24) is 10.2 Å². The molecule has 1 aliphatic heterocycles. The van der Waals surface area contributed by atoms with Crippen LogP contribution in [0.2, 0.25) is 0 Å². The van der Waals surface area contributed by atoms with E-state index in [9.17, 15) is 4.79 Å². The maximum atomic E-state index is 11.6. The van der Waals surface area contributed by atoms with Gasteiger partial charge >= 0.3 is 0 Å². The molecule has 0 aromatic heterocycles. The summed E-state index contributed by atoms with van der Waals surface area (Å²) in [6.45, 7) is 11.4. The summed E-state index contributed by atoms with van der Waals surface area (Å²) in [4.78, 5) is 14.1. The van der Waals surface area contributed by atoms with Crippen molar-refractivity contribution >= 4 is 5.91 Å². The first-order valence-electron chi connectivity index (χ1n) is 7.19. The number of hydrogen-bond donors (Lipinski definition) is 2. The van der Waals surface area contributed by atoms with Crippen LogP contribution in [0, 0.1) is 5.92 Å². The molecule has 0 radical (unpaired) electrons. The van der Waals surface area contributed by atoms with Crippen LogP contribution in [0.3, 0.4) is 0 Å². The fraction of sp³-hybridized carbons (Fsp3) is 0.929. The molecule has 0 bridgehead atoms. The Morgan fingerprint density at radius 1 is 1.56 bits per heavy atom. The van der Waals surface area contributed by atoms with Gasteiger partial charge in [0.1, 0.15) is 0 Å². The zero-order chi connectivity index (χ0) is 13.8. The first-order chi connectivity index (χ1) is 8.40. The van der Waals surface area contributed by atoms with Gasteiger partial charge in [-0.1, -0.05) is 20.8 Å². The molecule has 4 heteroatoms. The van der Waals surface area contributed by atoms with E-state index in [0.29, 0.717) is 12.0 Å². The number of likely N-dealkylation sites (tertiary alicyclic amines) is 1. The summed E-state index contributed by atoms with van der Waals surface area (Å²) in [5.74, 6) is 0.441. The molecule has 0 spiro atoms. The molecule has 0 saturated carbocycles. The third kappa shape index (κ3) is 3.69. The predicted octanol–water partition coefficient (Wildman–Crippen LogP) is 1.35. The maximum Gasteiger partial charge on any atom is 0.237 e. The van der Waals surface area contributed by atoms with E-state index >= 15 is 0 Å². The second kappa shape index (κ2) is 6.53. The van der Waals surface area contributed by atoms with E-state index in [0.717, 1.165) is 26.1 Å². The van der Waals surface area contributed by atoms with Crippen molar-refractivity contribution in [2.75, 3.05) is 19.6 Å². The van der Waals surface area contributed by atoms with Crippen LogP contribution >= 0.6 is 0 Å². The van der Waals surface area contributed by atoms with Crippen LogP contribution in [-0.2, 0) is 4.79 Å². The van der Waals surface area contributed by atoms with Crippen molar-refractivity contribution in [2.24, 2.45) is 11.7 Å². The second-order valence-corrected chi connectivity index (χ2v) is 5.97. The van der Waals surface area contributed by atoms with Crippen LogP contribution in [0.1, 0.15) is 47.0 Å². The van der Waals surface area contributed by atoms with Gasteiger partial charge < -0.3 is 16.0 Å². The molecular weight excluding hydrogens is 226 g/mol.